The Hall–Kier alpha value is -0.730. The number of hydrogen-bond acceptors (Lipinski definition) is 0. The Morgan fingerprint density at radius 2 is 1.91 bits per heavy atom. The molecule has 1 radical (unpaired) electrons. The van der Waals surface area contributed by atoms with Gasteiger partial charge >= 0.3 is 6.18 Å². The van der Waals surface area contributed by atoms with Crippen molar-refractivity contribution < 1.29 is 13.2 Å². The van der Waals surface area contributed by atoms with Crippen LogP contribution in [0, 0.1) is 11.8 Å². The van der Waals surface area contributed by atoms with E-state index in [1.54, 1.807) is 6.08 Å². The van der Waals surface area contributed by atoms with Crippen molar-refractivity contribution in [3.63, 3.8) is 0 Å². The number of rotatable bonds is 0. The van der Waals surface area contributed by atoms with E-state index in [0.717, 1.165) is 6.08 Å². The van der Waals surface area contributed by atoms with Gasteiger partial charge < -0.3 is 0 Å². The maximum Gasteiger partial charge on any atom is 0.399 e. The standard InChI is InChI=1S/C8H8F3/c1-6-4-2-3-5-7(6)8(9,10)11/h2-6H,1H3. The van der Waals surface area contributed by atoms with Gasteiger partial charge in [0.25, 0.3) is 0 Å². The van der Waals surface area contributed by atoms with E-state index in [4.69, 9.17) is 0 Å². The molecule has 0 N–H and O–H groups in total. The van der Waals surface area contributed by atoms with Gasteiger partial charge in [0.15, 0.2) is 0 Å². The zero-order valence-electron chi connectivity index (χ0n) is 6.02. The third-order valence-corrected chi connectivity index (χ3v) is 1.60. The molecule has 0 aromatic heterocycles. The molecule has 0 saturated heterocycles. The van der Waals surface area contributed by atoms with Crippen molar-refractivity contribution in [1.29, 1.82) is 0 Å². The highest BCUT2D eigenvalue weighted by atomic mass is 19.4. The van der Waals surface area contributed by atoms with Crippen LogP contribution in [0.3, 0.4) is 0 Å². The average molecular weight is 161 g/mol. The van der Waals surface area contributed by atoms with Crippen molar-refractivity contribution in [2.45, 2.75) is 13.1 Å². The molecule has 0 spiro atoms. The quantitative estimate of drug-likeness (QED) is 0.512. The largest absolute Gasteiger partial charge is 0.399 e. The fraction of sp³-hybridized carbons (Fsp3) is 0.375. The molecule has 1 aliphatic rings. The SMILES string of the molecule is CC1C=CC=C[C]1C(F)(F)F. The molecule has 0 aliphatic heterocycles. The van der Waals surface area contributed by atoms with Gasteiger partial charge in [0.1, 0.15) is 5.92 Å². The van der Waals surface area contributed by atoms with Crippen molar-refractivity contribution in [3.05, 3.63) is 30.2 Å². The zero-order chi connectivity index (χ0) is 8.48. The minimum atomic E-state index is -4.18. The predicted octanol–water partition coefficient (Wildman–Crippen LogP) is 2.89. The number of alkyl halides is 3. The van der Waals surface area contributed by atoms with Crippen LogP contribution in [0.1, 0.15) is 6.92 Å². The number of allylic oxidation sites excluding steroid dienone is 4. The molecule has 61 valence electrons. The minimum Gasteiger partial charge on any atom is -0.170 e. The highest BCUT2D eigenvalue weighted by Gasteiger charge is 2.41. The lowest BCUT2D eigenvalue weighted by atomic mass is 9.90. The Balaban J connectivity index is 2.74. The molecule has 0 fully saturated rings. The van der Waals surface area contributed by atoms with E-state index >= 15 is 0 Å². The van der Waals surface area contributed by atoms with Crippen LogP contribution in [-0.2, 0) is 0 Å². The lowest BCUT2D eigenvalue weighted by molar-refractivity contribution is -0.114. The van der Waals surface area contributed by atoms with E-state index in [1.807, 2.05) is 0 Å². The van der Waals surface area contributed by atoms with Crippen LogP contribution in [0.2, 0.25) is 0 Å². The van der Waals surface area contributed by atoms with Crippen LogP contribution in [0.15, 0.2) is 24.3 Å². The molecule has 0 amide bonds. The molecule has 0 aromatic rings. The zero-order valence-corrected chi connectivity index (χ0v) is 6.02. The minimum absolute atomic E-state index is 0.472. The summed E-state index contributed by atoms with van der Waals surface area (Å²) in [5.74, 6) is -0.986. The van der Waals surface area contributed by atoms with Crippen molar-refractivity contribution >= 4 is 0 Å². The second-order valence-corrected chi connectivity index (χ2v) is 2.49. The van der Waals surface area contributed by atoms with Gasteiger partial charge in [0, 0.05) is 0 Å². The Morgan fingerprint density at radius 3 is 2.27 bits per heavy atom. The lowest BCUT2D eigenvalue weighted by Crippen LogP contribution is -2.24. The third-order valence-electron chi connectivity index (χ3n) is 1.60. The first-order chi connectivity index (χ1) is 5.02. The van der Waals surface area contributed by atoms with Gasteiger partial charge in [-0.05, 0) is 5.92 Å². The summed E-state index contributed by atoms with van der Waals surface area (Å²) < 4.78 is 36.2. The Labute approximate surface area is 63.4 Å². The van der Waals surface area contributed by atoms with Crippen molar-refractivity contribution in [2.24, 2.45) is 5.92 Å². The highest BCUT2D eigenvalue weighted by molar-refractivity contribution is 5.29. The predicted molar refractivity (Wildman–Crippen MR) is 36.7 cm³/mol. The van der Waals surface area contributed by atoms with Crippen LogP contribution in [0.25, 0.3) is 0 Å². The van der Waals surface area contributed by atoms with E-state index in [-0.39, 0.29) is 0 Å². The summed E-state index contributed by atoms with van der Waals surface area (Å²) in [5.41, 5.74) is 0. The van der Waals surface area contributed by atoms with Gasteiger partial charge in [-0.25, -0.2) is 0 Å². The summed E-state index contributed by atoms with van der Waals surface area (Å²) in [6, 6.07) is 0. The Bertz CT molecular complexity index is 188. The van der Waals surface area contributed by atoms with Crippen molar-refractivity contribution in [3.8, 4) is 0 Å². The van der Waals surface area contributed by atoms with Crippen molar-refractivity contribution in [2.75, 3.05) is 0 Å². The van der Waals surface area contributed by atoms with E-state index < -0.39 is 18.0 Å². The van der Waals surface area contributed by atoms with E-state index in [1.165, 1.54) is 19.1 Å². The second kappa shape index (κ2) is 2.72. The number of halogens is 3. The van der Waals surface area contributed by atoms with Crippen LogP contribution in [-0.4, -0.2) is 6.18 Å². The molecule has 0 bridgehead atoms. The van der Waals surface area contributed by atoms with Crippen LogP contribution >= 0.6 is 0 Å². The monoisotopic (exact) mass is 161 g/mol. The molecular formula is C8H8F3. The lowest BCUT2D eigenvalue weighted by Gasteiger charge is -2.21. The van der Waals surface area contributed by atoms with E-state index in [2.05, 4.69) is 0 Å². The molecule has 1 aliphatic carbocycles. The molecule has 1 unspecified atom stereocenters. The number of hydrogen-bond donors (Lipinski definition) is 0. The van der Waals surface area contributed by atoms with Crippen LogP contribution in [0.4, 0.5) is 13.2 Å². The van der Waals surface area contributed by atoms with Gasteiger partial charge in [-0.3, -0.25) is 0 Å². The third kappa shape index (κ3) is 1.85. The molecule has 1 rings (SSSR count). The van der Waals surface area contributed by atoms with Gasteiger partial charge in [-0.2, -0.15) is 13.2 Å². The van der Waals surface area contributed by atoms with Gasteiger partial charge in [0.05, 0.1) is 0 Å². The first-order valence-electron chi connectivity index (χ1n) is 3.30. The van der Waals surface area contributed by atoms with E-state index in [9.17, 15) is 13.2 Å². The summed E-state index contributed by atoms with van der Waals surface area (Å²) in [6.07, 6.45) is 1.50. The highest BCUT2D eigenvalue weighted by Crippen LogP contribution is 2.37. The molecule has 11 heavy (non-hydrogen) atoms. The van der Waals surface area contributed by atoms with Crippen LogP contribution in [0.5, 0.6) is 0 Å². The van der Waals surface area contributed by atoms with Crippen molar-refractivity contribution in [1.82, 2.24) is 0 Å². The summed E-state index contributed by atoms with van der Waals surface area (Å²) in [5, 5.41) is 0. The Kier molecular flexibility index (Phi) is 2.07. The molecule has 0 heterocycles. The smallest absolute Gasteiger partial charge is 0.170 e. The normalized spacial score (nSPS) is 26.0. The average Bonchev–Trinajstić information content (AvgIpc) is 1.86. The summed E-state index contributed by atoms with van der Waals surface area (Å²) in [4.78, 5) is 0. The first kappa shape index (κ1) is 8.37. The molecule has 0 saturated carbocycles. The maximum atomic E-state index is 12.1. The summed E-state index contributed by atoms with van der Waals surface area (Å²) >= 11 is 0. The summed E-state index contributed by atoms with van der Waals surface area (Å²) in [6.45, 7) is 1.53. The van der Waals surface area contributed by atoms with Gasteiger partial charge in [0.2, 0.25) is 0 Å². The fourth-order valence-electron chi connectivity index (χ4n) is 0.998. The van der Waals surface area contributed by atoms with Crippen LogP contribution < -0.4 is 0 Å². The molecular weight excluding hydrogens is 153 g/mol. The summed E-state index contributed by atoms with van der Waals surface area (Å²) in [7, 11) is 0. The van der Waals surface area contributed by atoms with Gasteiger partial charge in [-0.1, -0.05) is 31.2 Å². The molecule has 3 heteroatoms. The van der Waals surface area contributed by atoms with E-state index in [0.29, 0.717) is 0 Å². The first-order valence-corrected chi connectivity index (χ1v) is 3.30. The molecule has 0 aromatic carbocycles. The molecule has 0 nitrogen and oxygen atoms in total. The second-order valence-electron chi connectivity index (χ2n) is 2.49. The van der Waals surface area contributed by atoms with Gasteiger partial charge in [-0.15, -0.1) is 0 Å². The fourth-order valence-corrected chi connectivity index (χ4v) is 0.998. The Morgan fingerprint density at radius 1 is 1.27 bits per heavy atom. The maximum absolute atomic E-state index is 12.1. The topological polar surface area (TPSA) is 0 Å². The molecule has 1 atom stereocenters.